The van der Waals surface area contributed by atoms with E-state index in [4.69, 9.17) is 0 Å². The summed E-state index contributed by atoms with van der Waals surface area (Å²) < 4.78 is 0. The minimum Gasteiger partial charge on any atom is -0.376 e. The monoisotopic (exact) mass is 367 g/mol. The molecule has 27 heavy (non-hydrogen) atoms. The molecular formula is C19H21N5O3. The summed E-state index contributed by atoms with van der Waals surface area (Å²) in [6, 6.07) is 14.1. The van der Waals surface area contributed by atoms with Crippen molar-refractivity contribution in [3.8, 4) is 0 Å². The normalized spacial score (nSPS) is 13.7. The van der Waals surface area contributed by atoms with E-state index in [-0.39, 0.29) is 18.1 Å². The molecule has 0 radical (unpaired) electrons. The molecule has 0 saturated carbocycles. The van der Waals surface area contributed by atoms with Crippen LogP contribution in [-0.4, -0.2) is 36.7 Å². The molecule has 1 heterocycles. The molecular weight excluding hydrogens is 346 g/mol. The van der Waals surface area contributed by atoms with Gasteiger partial charge in [0, 0.05) is 42.2 Å². The van der Waals surface area contributed by atoms with Gasteiger partial charge in [-0.3, -0.25) is 14.9 Å². The van der Waals surface area contributed by atoms with Crippen LogP contribution in [0.4, 0.5) is 17.1 Å². The highest BCUT2D eigenvalue weighted by Gasteiger charge is 2.17. The Morgan fingerprint density at radius 3 is 2.63 bits per heavy atom. The second kappa shape index (κ2) is 8.79. The molecule has 8 nitrogen and oxygen atoms in total. The number of hydrazone groups is 1. The summed E-state index contributed by atoms with van der Waals surface area (Å²) in [5.41, 5.74) is 4.78. The van der Waals surface area contributed by atoms with Gasteiger partial charge in [0.05, 0.1) is 17.7 Å². The highest BCUT2D eigenvalue weighted by atomic mass is 16.6. The summed E-state index contributed by atoms with van der Waals surface area (Å²) in [4.78, 5) is 24.7. The molecule has 0 atom stereocenters. The van der Waals surface area contributed by atoms with Crippen LogP contribution < -0.4 is 15.6 Å². The van der Waals surface area contributed by atoms with Gasteiger partial charge in [0.1, 0.15) is 0 Å². The summed E-state index contributed by atoms with van der Waals surface area (Å²) in [6.45, 7) is 1.90. The summed E-state index contributed by atoms with van der Waals surface area (Å²) in [5.74, 6) is -0.303. The molecule has 8 heteroatoms. The Labute approximate surface area is 157 Å². The molecule has 0 aromatic heterocycles. The fourth-order valence-electron chi connectivity index (χ4n) is 2.96. The zero-order chi connectivity index (χ0) is 19.1. The predicted molar refractivity (Wildman–Crippen MR) is 105 cm³/mol. The molecule has 1 aliphatic heterocycles. The van der Waals surface area contributed by atoms with Crippen molar-refractivity contribution in [2.45, 2.75) is 12.8 Å². The highest BCUT2D eigenvalue weighted by Crippen LogP contribution is 2.27. The van der Waals surface area contributed by atoms with Gasteiger partial charge in [-0.05, 0) is 31.0 Å². The van der Waals surface area contributed by atoms with E-state index in [1.165, 1.54) is 18.3 Å². The summed E-state index contributed by atoms with van der Waals surface area (Å²) in [5, 5.41) is 18.0. The Morgan fingerprint density at radius 2 is 1.93 bits per heavy atom. The molecule has 2 aromatic rings. The van der Waals surface area contributed by atoms with Crippen LogP contribution in [-0.2, 0) is 4.79 Å². The number of para-hydroxylation sites is 1. The lowest BCUT2D eigenvalue weighted by atomic mass is 10.1. The fourth-order valence-corrected chi connectivity index (χ4v) is 2.96. The number of carbonyl (C=O) groups excluding carboxylic acids is 1. The van der Waals surface area contributed by atoms with Crippen LogP contribution in [0.3, 0.4) is 0 Å². The SMILES string of the molecule is O=C(CNc1ccccc1)N/N=C/c1cc([N+](=O)[O-])ccc1N1CCCC1. The van der Waals surface area contributed by atoms with E-state index in [1.807, 2.05) is 30.3 Å². The minimum atomic E-state index is -0.437. The summed E-state index contributed by atoms with van der Waals surface area (Å²) in [6.07, 6.45) is 3.64. The van der Waals surface area contributed by atoms with Gasteiger partial charge in [-0.25, -0.2) is 5.43 Å². The zero-order valence-corrected chi connectivity index (χ0v) is 14.8. The molecule has 0 bridgehead atoms. The topological polar surface area (TPSA) is 99.9 Å². The molecule has 0 spiro atoms. The predicted octanol–water partition coefficient (Wildman–Crippen LogP) is 2.76. The lowest BCUT2D eigenvalue weighted by Crippen LogP contribution is -2.26. The van der Waals surface area contributed by atoms with Gasteiger partial charge in [-0.2, -0.15) is 5.10 Å². The van der Waals surface area contributed by atoms with Gasteiger partial charge in [0.15, 0.2) is 0 Å². The van der Waals surface area contributed by atoms with E-state index in [9.17, 15) is 14.9 Å². The number of benzene rings is 2. The number of amides is 1. The van der Waals surface area contributed by atoms with Crippen LogP contribution in [0.1, 0.15) is 18.4 Å². The first kappa shape index (κ1) is 18.4. The average molecular weight is 367 g/mol. The molecule has 3 rings (SSSR count). The van der Waals surface area contributed by atoms with E-state index >= 15 is 0 Å². The fraction of sp³-hybridized carbons (Fsp3) is 0.263. The maximum atomic E-state index is 11.9. The van der Waals surface area contributed by atoms with Crippen LogP contribution in [0.5, 0.6) is 0 Å². The Morgan fingerprint density at radius 1 is 1.19 bits per heavy atom. The molecule has 1 aliphatic rings. The maximum Gasteiger partial charge on any atom is 0.270 e. The van der Waals surface area contributed by atoms with Crippen LogP contribution in [0.15, 0.2) is 53.6 Å². The van der Waals surface area contributed by atoms with E-state index < -0.39 is 4.92 Å². The number of nitrogens with one attached hydrogen (secondary N) is 2. The van der Waals surface area contributed by atoms with Crippen LogP contribution in [0, 0.1) is 10.1 Å². The molecule has 2 N–H and O–H groups in total. The second-order valence-corrected chi connectivity index (χ2v) is 6.21. The molecule has 0 aliphatic carbocycles. The highest BCUT2D eigenvalue weighted by molar-refractivity contribution is 5.90. The Bertz CT molecular complexity index is 832. The standard InChI is InChI=1S/C19H21N5O3/c25-19(14-20-16-6-2-1-3-7-16)22-21-13-15-12-17(24(26)27)8-9-18(15)23-10-4-5-11-23/h1-3,6-9,12-13,20H,4-5,10-11,14H2,(H,22,25)/b21-13+. The van der Waals surface area contributed by atoms with Crippen molar-refractivity contribution in [3.63, 3.8) is 0 Å². The van der Waals surface area contributed by atoms with Crippen molar-refractivity contribution in [2.75, 3.05) is 29.9 Å². The first-order chi connectivity index (χ1) is 13.1. The number of hydrogen-bond acceptors (Lipinski definition) is 6. The number of hydrogen-bond donors (Lipinski definition) is 2. The number of nitro groups is 1. The Kier molecular flexibility index (Phi) is 5.98. The molecule has 140 valence electrons. The average Bonchev–Trinajstić information content (AvgIpc) is 3.21. The van der Waals surface area contributed by atoms with Crippen molar-refractivity contribution in [2.24, 2.45) is 5.10 Å². The van der Waals surface area contributed by atoms with E-state index in [2.05, 4.69) is 20.7 Å². The van der Waals surface area contributed by atoms with Crippen molar-refractivity contribution in [3.05, 3.63) is 64.2 Å². The minimum absolute atomic E-state index is 0.00327. The maximum absolute atomic E-state index is 11.9. The largest absolute Gasteiger partial charge is 0.376 e. The third-order valence-electron chi connectivity index (χ3n) is 4.29. The zero-order valence-electron chi connectivity index (χ0n) is 14.8. The van der Waals surface area contributed by atoms with Crippen molar-refractivity contribution in [1.29, 1.82) is 0 Å². The molecule has 1 saturated heterocycles. The van der Waals surface area contributed by atoms with Crippen LogP contribution >= 0.6 is 0 Å². The van der Waals surface area contributed by atoms with Gasteiger partial charge < -0.3 is 10.2 Å². The molecule has 2 aromatic carbocycles. The number of nitrogens with zero attached hydrogens (tertiary/aromatic N) is 3. The van der Waals surface area contributed by atoms with Gasteiger partial charge >= 0.3 is 0 Å². The first-order valence-electron chi connectivity index (χ1n) is 8.78. The van der Waals surface area contributed by atoms with Gasteiger partial charge in [-0.1, -0.05) is 18.2 Å². The van der Waals surface area contributed by atoms with Crippen molar-refractivity contribution < 1.29 is 9.72 Å². The van der Waals surface area contributed by atoms with E-state index in [0.29, 0.717) is 5.56 Å². The Hall–Kier alpha value is -3.42. The quantitative estimate of drug-likeness (QED) is 0.445. The first-order valence-corrected chi connectivity index (χ1v) is 8.78. The number of non-ortho nitro benzene ring substituents is 1. The summed E-state index contributed by atoms with van der Waals surface area (Å²) >= 11 is 0. The summed E-state index contributed by atoms with van der Waals surface area (Å²) in [7, 11) is 0. The van der Waals surface area contributed by atoms with Crippen molar-refractivity contribution >= 4 is 29.2 Å². The van der Waals surface area contributed by atoms with E-state index in [1.54, 1.807) is 6.07 Å². The smallest absolute Gasteiger partial charge is 0.270 e. The lowest BCUT2D eigenvalue weighted by Gasteiger charge is -2.19. The molecule has 1 amide bonds. The number of rotatable bonds is 7. The van der Waals surface area contributed by atoms with Gasteiger partial charge in [-0.15, -0.1) is 0 Å². The van der Waals surface area contributed by atoms with Gasteiger partial charge in [0.2, 0.25) is 0 Å². The molecule has 0 unspecified atom stereocenters. The Balaban J connectivity index is 1.64. The number of anilines is 2. The van der Waals surface area contributed by atoms with Gasteiger partial charge in [0.25, 0.3) is 11.6 Å². The third-order valence-corrected chi connectivity index (χ3v) is 4.29. The van der Waals surface area contributed by atoms with Crippen LogP contribution in [0.2, 0.25) is 0 Å². The third kappa shape index (κ3) is 5.04. The van der Waals surface area contributed by atoms with Crippen molar-refractivity contribution in [1.82, 2.24) is 5.43 Å². The lowest BCUT2D eigenvalue weighted by molar-refractivity contribution is -0.384. The molecule has 1 fully saturated rings. The second-order valence-electron chi connectivity index (χ2n) is 6.21. The van der Waals surface area contributed by atoms with Crippen LogP contribution in [0.25, 0.3) is 0 Å². The number of nitro benzene ring substituents is 1. The van der Waals surface area contributed by atoms with E-state index in [0.717, 1.165) is 37.3 Å². The number of carbonyl (C=O) groups is 1.